The Morgan fingerprint density at radius 2 is 1.73 bits per heavy atom. The molecule has 0 radical (unpaired) electrons. The van der Waals surface area contributed by atoms with E-state index < -0.39 is 0 Å². The van der Waals surface area contributed by atoms with Gasteiger partial charge in [-0.15, -0.1) is 0 Å². The molecule has 118 valence electrons. The first-order chi connectivity index (χ1) is 10.7. The summed E-state index contributed by atoms with van der Waals surface area (Å²) in [4.78, 5) is 17.1. The topological polar surface area (TPSA) is 23.6 Å². The predicted octanol–water partition coefficient (Wildman–Crippen LogP) is 3.42. The van der Waals surface area contributed by atoms with Crippen molar-refractivity contribution in [3.05, 3.63) is 29.3 Å². The van der Waals surface area contributed by atoms with Crippen molar-refractivity contribution in [2.45, 2.75) is 25.7 Å². The van der Waals surface area contributed by atoms with Crippen LogP contribution < -0.4 is 4.90 Å². The molecule has 1 saturated heterocycles. The zero-order valence-corrected chi connectivity index (χ0v) is 13.6. The van der Waals surface area contributed by atoms with Gasteiger partial charge in [-0.25, -0.2) is 0 Å². The third-order valence-electron chi connectivity index (χ3n) is 5.71. The number of benzene rings is 1. The van der Waals surface area contributed by atoms with Crippen LogP contribution in [0.5, 0.6) is 0 Å². The lowest BCUT2D eigenvalue weighted by atomic mass is 10.0. The van der Waals surface area contributed by atoms with Crippen LogP contribution >= 0.6 is 11.6 Å². The normalized spacial score (nSPS) is 30.9. The molecule has 1 aromatic carbocycles. The molecular formula is C18H23ClN2O. The van der Waals surface area contributed by atoms with E-state index in [1.54, 1.807) is 0 Å². The molecule has 0 bridgehead atoms. The SMILES string of the molecule is O=C(C1[C@@H]2CCCC[C@@H]12)N1CCN(c2cccc(Cl)c2)CC1. The van der Waals surface area contributed by atoms with Gasteiger partial charge in [0.05, 0.1) is 0 Å². The van der Waals surface area contributed by atoms with Gasteiger partial charge >= 0.3 is 0 Å². The summed E-state index contributed by atoms with van der Waals surface area (Å²) in [5.41, 5.74) is 1.17. The fourth-order valence-corrected chi connectivity index (χ4v) is 4.61. The van der Waals surface area contributed by atoms with Crippen LogP contribution in [0.25, 0.3) is 0 Å². The molecule has 1 aromatic rings. The number of hydrogen-bond donors (Lipinski definition) is 0. The lowest BCUT2D eigenvalue weighted by molar-refractivity contribution is -0.133. The van der Waals surface area contributed by atoms with Crippen LogP contribution in [0.15, 0.2) is 24.3 Å². The van der Waals surface area contributed by atoms with E-state index in [-0.39, 0.29) is 0 Å². The van der Waals surface area contributed by atoms with Crippen molar-refractivity contribution >= 4 is 23.2 Å². The first kappa shape index (κ1) is 14.4. The minimum Gasteiger partial charge on any atom is -0.368 e. The molecule has 3 nitrogen and oxygen atoms in total. The van der Waals surface area contributed by atoms with E-state index in [1.807, 2.05) is 18.2 Å². The third kappa shape index (κ3) is 2.60. The molecule has 2 saturated carbocycles. The average molecular weight is 319 g/mol. The average Bonchev–Trinajstić information content (AvgIpc) is 3.29. The Kier molecular flexibility index (Phi) is 3.77. The molecular weight excluding hydrogens is 296 g/mol. The number of anilines is 1. The molecule has 0 spiro atoms. The second-order valence-corrected chi connectivity index (χ2v) is 7.37. The molecule has 0 N–H and O–H groups in total. The van der Waals surface area contributed by atoms with E-state index in [1.165, 1.54) is 31.4 Å². The minimum atomic E-state index is 0.361. The maximum atomic E-state index is 12.7. The van der Waals surface area contributed by atoms with Crippen molar-refractivity contribution in [2.75, 3.05) is 31.1 Å². The monoisotopic (exact) mass is 318 g/mol. The maximum absolute atomic E-state index is 12.7. The van der Waals surface area contributed by atoms with Crippen LogP contribution in [0, 0.1) is 17.8 Å². The summed E-state index contributed by atoms with van der Waals surface area (Å²) in [5.74, 6) is 2.22. The number of carbonyl (C=O) groups is 1. The van der Waals surface area contributed by atoms with Gasteiger partial charge in [0.1, 0.15) is 0 Å². The third-order valence-corrected chi connectivity index (χ3v) is 5.94. The largest absolute Gasteiger partial charge is 0.368 e. The zero-order chi connectivity index (χ0) is 15.1. The second-order valence-electron chi connectivity index (χ2n) is 6.93. The van der Waals surface area contributed by atoms with Gasteiger partial charge in [-0.2, -0.15) is 0 Å². The van der Waals surface area contributed by atoms with Crippen LogP contribution in [0.3, 0.4) is 0 Å². The second kappa shape index (κ2) is 5.77. The smallest absolute Gasteiger partial charge is 0.226 e. The first-order valence-corrected chi connectivity index (χ1v) is 8.91. The lowest BCUT2D eigenvalue weighted by Crippen LogP contribution is -2.49. The molecule has 4 rings (SSSR count). The number of carbonyl (C=O) groups excluding carboxylic acids is 1. The van der Waals surface area contributed by atoms with Gasteiger partial charge in [0.25, 0.3) is 0 Å². The quantitative estimate of drug-likeness (QED) is 0.834. The number of halogens is 1. The van der Waals surface area contributed by atoms with E-state index in [0.717, 1.165) is 31.2 Å². The molecule has 0 aromatic heterocycles. The van der Waals surface area contributed by atoms with Crippen LogP contribution in [-0.2, 0) is 4.79 Å². The summed E-state index contributed by atoms with van der Waals surface area (Å²) in [5, 5.41) is 0.776. The van der Waals surface area contributed by atoms with E-state index in [2.05, 4.69) is 15.9 Å². The Morgan fingerprint density at radius 3 is 2.36 bits per heavy atom. The number of nitrogens with zero attached hydrogens (tertiary/aromatic N) is 2. The molecule has 1 aliphatic heterocycles. The van der Waals surface area contributed by atoms with Crippen LogP contribution in [0.2, 0.25) is 5.02 Å². The highest BCUT2D eigenvalue weighted by atomic mass is 35.5. The summed E-state index contributed by atoms with van der Waals surface area (Å²) in [6.07, 6.45) is 5.22. The molecule has 1 amide bonds. The number of amides is 1. The summed E-state index contributed by atoms with van der Waals surface area (Å²) in [6.45, 7) is 3.52. The zero-order valence-electron chi connectivity index (χ0n) is 12.9. The van der Waals surface area contributed by atoms with Crippen molar-refractivity contribution in [1.29, 1.82) is 0 Å². The Labute approximate surface area is 137 Å². The highest BCUT2D eigenvalue weighted by Crippen LogP contribution is 2.56. The number of rotatable bonds is 2. The molecule has 1 heterocycles. The summed E-state index contributed by atoms with van der Waals surface area (Å²) in [6, 6.07) is 8.00. The molecule has 0 unspecified atom stereocenters. The van der Waals surface area contributed by atoms with Crippen LogP contribution in [-0.4, -0.2) is 37.0 Å². The molecule has 2 aliphatic carbocycles. The Balaban J connectivity index is 1.35. The summed E-state index contributed by atoms with van der Waals surface area (Å²) >= 11 is 6.07. The number of piperazine rings is 1. The Morgan fingerprint density at radius 1 is 1.05 bits per heavy atom. The molecule has 2 atom stereocenters. The molecule has 4 heteroatoms. The van der Waals surface area contributed by atoms with Crippen molar-refractivity contribution in [3.63, 3.8) is 0 Å². The van der Waals surface area contributed by atoms with Gasteiger partial charge in [0.15, 0.2) is 0 Å². The van der Waals surface area contributed by atoms with Crippen molar-refractivity contribution in [3.8, 4) is 0 Å². The minimum absolute atomic E-state index is 0.361. The highest BCUT2D eigenvalue weighted by Gasteiger charge is 2.55. The fraction of sp³-hybridized carbons (Fsp3) is 0.611. The van der Waals surface area contributed by atoms with Gasteiger partial charge in [0.2, 0.25) is 5.91 Å². The van der Waals surface area contributed by atoms with Crippen molar-refractivity contribution < 1.29 is 4.79 Å². The van der Waals surface area contributed by atoms with Crippen LogP contribution in [0.1, 0.15) is 25.7 Å². The van der Waals surface area contributed by atoms with E-state index >= 15 is 0 Å². The standard InChI is InChI=1S/C18H23ClN2O/c19-13-4-3-5-14(12-13)20-8-10-21(11-9-20)18(22)17-15-6-1-2-7-16(15)17/h3-5,12,15-17H,1-2,6-11H2/t15-,16-/m1/s1. The number of fused-ring (bicyclic) bond motifs is 1. The van der Waals surface area contributed by atoms with Gasteiger partial charge in [0, 0.05) is 42.8 Å². The summed E-state index contributed by atoms with van der Waals surface area (Å²) < 4.78 is 0. The van der Waals surface area contributed by atoms with Gasteiger partial charge in [-0.1, -0.05) is 30.5 Å². The first-order valence-electron chi connectivity index (χ1n) is 8.53. The van der Waals surface area contributed by atoms with E-state index in [4.69, 9.17) is 11.6 Å². The maximum Gasteiger partial charge on any atom is 0.226 e. The fourth-order valence-electron chi connectivity index (χ4n) is 4.43. The van der Waals surface area contributed by atoms with E-state index in [0.29, 0.717) is 23.7 Å². The number of hydrogen-bond acceptors (Lipinski definition) is 2. The lowest BCUT2D eigenvalue weighted by Gasteiger charge is -2.36. The molecule has 3 aliphatic rings. The van der Waals surface area contributed by atoms with Gasteiger partial charge < -0.3 is 9.80 Å². The van der Waals surface area contributed by atoms with Crippen molar-refractivity contribution in [2.24, 2.45) is 17.8 Å². The van der Waals surface area contributed by atoms with E-state index in [9.17, 15) is 4.79 Å². The highest BCUT2D eigenvalue weighted by molar-refractivity contribution is 6.30. The van der Waals surface area contributed by atoms with Crippen molar-refractivity contribution in [1.82, 2.24) is 4.90 Å². The molecule has 3 fully saturated rings. The van der Waals surface area contributed by atoms with Crippen LogP contribution in [0.4, 0.5) is 5.69 Å². The van der Waals surface area contributed by atoms with Gasteiger partial charge in [-0.3, -0.25) is 4.79 Å². The summed E-state index contributed by atoms with van der Waals surface area (Å²) in [7, 11) is 0. The molecule has 22 heavy (non-hydrogen) atoms. The Hall–Kier alpha value is -1.22. The Bertz CT molecular complexity index is 556. The predicted molar refractivity (Wildman–Crippen MR) is 89.2 cm³/mol. The van der Waals surface area contributed by atoms with Gasteiger partial charge in [-0.05, 0) is 42.9 Å².